The molecule has 0 atom stereocenters. The molecule has 2 aliphatic rings. The lowest BCUT2D eigenvalue weighted by Gasteiger charge is -2.46. The van der Waals surface area contributed by atoms with E-state index in [1.807, 2.05) is 4.90 Å². The summed E-state index contributed by atoms with van der Waals surface area (Å²) in [5.74, 6) is 1.54. The van der Waals surface area contributed by atoms with Crippen molar-refractivity contribution in [3.05, 3.63) is 0 Å². The molecule has 0 N–H and O–H groups in total. The predicted octanol–water partition coefficient (Wildman–Crippen LogP) is 1.90. The van der Waals surface area contributed by atoms with Crippen LogP contribution in [0, 0.1) is 17.3 Å². The third kappa shape index (κ3) is 1.72. The first-order valence-electron chi connectivity index (χ1n) is 5.27. The number of amides is 1. The van der Waals surface area contributed by atoms with Gasteiger partial charge in [-0.25, -0.2) is 0 Å². The molecule has 1 amide bonds. The maximum Gasteiger partial charge on any atom is 0.225 e. The first-order chi connectivity index (χ1) is 5.98. The fourth-order valence-electron chi connectivity index (χ4n) is 1.79. The number of hydrogen-bond donors (Lipinski definition) is 0. The Hall–Kier alpha value is -0.530. The molecule has 0 spiro atoms. The van der Waals surface area contributed by atoms with Crippen molar-refractivity contribution in [1.29, 1.82) is 0 Å². The van der Waals surface area contributed by atoms with E-state index in [2.05, 4.69) is 20.8 Å². The third-order valence-electron chi connectivity index (χ3n) is 3.34. The minimum Gasteiger partial charge on any atom is -0.342 e. The highest BCUT2D eigenvalue weighted by Gasteiger charge is 2.42. The van der Waals surface area contributed by atoms with Gasteiger partial charge in [-0.05, 0) is 24.2 Å². The molecule has 0 radical (unpaired) electrons. The number of rotatable bonds is 1. The van der Waals surface area contributed by atoms with Gasteiger partial charge in [-0.15, -0.1) is 0 Å². The second-order valence-corrected chi connectivity index (χ2v) is 5.58. The summed E-state index contributed by atoms with van der Waals surface area (Å²) < 4.78 is 0. The van der Waals surface area contributed by atoms with Gasteiger partial charge in [-0.2, -0.15) is 0 Å². The lowest BCUT2D eigenvalue weighted by Crippen LogP contribution is -2.54. The normalized spacial score (nSPS) is 24.4. The van der Waals surface area contributed by atoms with Crippen LogP contribution in [0.25, 0.3) is 0 Å². The quantitative estimate of drug-likeness (QED) is 0.605. The third-order valence-corrected chi connectivity index (χ3v) is 3.34. The van der Waals surface area contributed by atoms with E-state index < -0.39 is 0 Å². The summed E-state index contributed by atoms with van der Waals surface area (Å²) in [4.78, 5) is 13.6. The van der Waals surface area contributed by atoms with Gasteiger partial charge in [0.1, 0.15) is 0 Å². The van der Waals surface area contributed by atoms with Crippen molar-refractivity contribution >= 4 is 5.91 Å². The van der Waals surface area contributed by atoms with Gasteiger partial charge < -0.3 is 4.90 Å². The number of nitrogens with zero attached hydrogens (tertiary/aromatic N) is 1. The molecular weight excluding hydrogens is 162 g/mol. The molecule has 0 bridgehead atoms. The molecule has 1 aliphatic heterocycles. The topological polar surface area (TPSA) is 20.3 Å². The summed E-state index contributed by atoms with van der Waals surface area (Å²) in [6, 6.07) is 0. The van der Waals surface area contributed by atoms with Crippen molar-refractivity contribution in [3.63, 3.8) is 0 Å². The van der Waals surface area contributed by atoms with Gasteiger partial charge in [0, 0.05) is 19.0 Å². The van der Waals surface area contributed by atoms with Gasteiger partial charge in [0.2, 0.25) is 5.91 Å². The number of hydrogen-bond acceptors (Lipinski definition) is 1. The van der Waals surface area contributed by atoms with E-state index >= 15 is 0 Å². The molecule has 2 nitrogen and oxygen atoms in total. The van der Waals surface area contributed by atoms with Crippen molar-refractivity contribution in [3.8, 4) is 0 Å². The van der Waals surface area contributed by atoms with Crippen LogP contribution < -0.4 is 0 Å². The van der Waals surface area contributed by atoms with Crippen LogP contribution in [0.15, 0.2) is 0 Å². The van der Waals surface area contributed by atoms with Crippen LogP contribution >= 0.6 is 0 Å². The standard InChI is InChI=1S/C11H19NO/c1-11(2,3)9-6-12(7-9)10(13)8-4-5-8/h8-9H,4-7H2,1-3H3. The minimum atomic E-state index is 0.375. The maximum absolute atomic E-state index is 11.6. The lowest BCUT2D eigenvalue weighted by atomic mass is 9.76. The van der Waals surface area contributed by atoms with E-state index in [1.54, 1.807) is 0 Å². The highest BCUT2D eigenvalue weighted by molar-refractivity contribution is 5.81. The molecule has 1 saturated carbocycles. The predicted molar refractivity (Wildman–Crippen MR) is 52.2 cm³/mol. The molecule has 2 fully saturated rings. The molecule has 74 valence electrons. The van der Waals surface area contributed by atoms with E-state index in [0.717, 1.165) is 31.8 Å². The Morgan fingerprint density at radius 3 is 2.15 bits per heavy atom. The van der Waals surface area contributed by atoms with Crippen molar-refractivity contribution < 1.29 is 4.79 Å². The van der Waals surface area contributed by atoms with Crippen LogP contribution in [-0.4, -0.2) is 23.9 Å². The number of carbonyl (C=O) groups excluding carboxylic acids is 1. The Kier molecular flexibility index (Phi) is 1.90. The Morgan fingerprint density at radius 2 is 1.77 bits per heavy atom. The van der Waals surface area contributed by atoms with E-state index in [0.29, 0.717) is 17.2 Å². The van der Waals surface area contributed by atoms with Gasteiger partial charge in [0.15, 0.2) is 0 Å². The number of carbonyl (C=O) groups is 1. The zero-order chi connectivity index (χ0) is 9.64. The number of likely N-dealkylation sites (tertiary alicyclic amines) is 1. The van der Waals surface area contributed by atoms with Gasteiger partial charge in [-0.3, -0.25) is 4.79 Å². The molecule has 2 heteroatoms. The summed E-state index contributed by atoms with van der Waals surface area (Å²) in [5, 5.41) is 0. The molecule has 1 aliphatic carbocycles. The second-order valence-electron chi connectivity index (χ2n) is 5.58. The first-order valence-corrected chi connectivity index (χ1v) is 5.27. The van der Waals surface area contributed by atoms with Gasteiger partial charge in [0.25, 0.3) is 0 Å². The fourth-order valence-corrected chi connectivity index (χ4v) is 1.79. The monoisotopic (exact) mass is 181 g/mol. The van der Waals surface area contributed by atoms with Crippen LogP contribution in [0.5, 0.6) is 0 Å². The molecular formula is C11H19NO. The van der Waals surface area contributed by atoms with Crippen LogP contribution in [0.1, 0.15) is 33.6 Å². The summed E-state index contributed by atoms with van der Waals surface area (Å²) in [6.07, 6.45) is 2.27. The van der Waals surface area contributed by atoms with Crippen molar-refractivity contribution in [2.45, 2.75) is 33.6 Å². The van der Waals surface area contributed by atoms with Gasteiger partial charge in [-0.1, -0.05) is 20.8 Å². The minimum absolute atomic E-state index is 0.375. The lowest BCUT2D eigenvalue weighted by molar-refractivity contribution is -0.141. The highest BCUT2D eigenvalue weighted by Crippen LogP contribution is 2.38. The molecule has 0 unspecified atom stereocenters. The van der Waals surface area contributed by atoms with Gasteiger partial charge in [0.05, 0.1) is 0 Å². The van der Waals surface area contributed by atoms with Crippen LogP contribution in [0.2, 0.25) is 0 Å². The largest absolute Gasteiger partial charge is 0.342 e. The zero-order valence-electron chi connectivity index (χ0n) is 8.84. The second kappa shape index (κ2) is 2.73. The smallest absolute Gasteiger partial charge is 0.225 e. The fraction of sp³-hybridized carbons (Fsp3) is 0.909. The van der Waals surface area contributed by atoms with E-state index in [1.165, 1.54) is 0 Å². The van der Waals surface area contributed by atoms with Crippen molar-refractivity contribution in [2.24, 2.45) is 17.3 Å². The molecule has 0 aromatic carbocycles. The molecule has 13 heavy (non-hydrogen) atoms. The molecule has 0 aromatic rings. The Morgan fingerprint density at radius 1 is 1.23 bits per heavy atom. The van der Waals surface area contributed by atoms with E-state index in [4.69, 9.17) is 0 Å². The van der Waals surface area contributed by atoms with Gasteiger partial charge >= 0.3 is 0 Å². The Labute approximate surface area is 80.3 Å². The summed E-state index contributed by atoms with van der Waals surface area (Å²) in [6.45, 7) is 8.78. The van der Waals surface area contributed by atoms with E-state index in [-0.39, 0.29) is 0 Å². The van der Waals surface area contributed by atoms with Crippen LogP contribution in [-0.2, 0) is 4.79 Å². The molecule has 0 aromatic heterocycles. The van der Waals surface area contributed by atoms with Crippen molar-refractivity contribution in [1.82, 2.24) is 4.90 Å². The maximum atomic E-state index is 11.6. The first kappa shape index (κ1) is 9.04. The average molecular weight is 181 g/mol. The summed E-state index contributed by atoms with van der Waals surface area (Å²) >= 11 is 0. The molecule has 1 saturated heterocycles. The Bertz CT molecular complexity index is 219. The van der Waals surface area contributed by atoms with Crippen LogP contribution in [0.3, 0.4) is 0 Å². The molecule has 2 rings (SSSR count). The summed E-state index contributed by atoms with van der Waals surface area (Å²) in [7, 11) is 0. The summed E-state index contributed by atoms with van der Waals surface area (Å²) in [5.41, 5.74) is 0.375. The van der Waals surface area contributed by atoms with Crippen molar-refractivity contribution in [2.75, 3.05) is 13.1 Å². The molecule has 1 heterocycles. The van der Waals surface area contributed by atoms with E-state index in [9.17, 15) is 4.79 Å². The SMILES string of the molecule is CC(C)(C)C1CN(C(=O)C2CC2)C1. The Balaban J connectivity index is 1.81. The average Bonchev–Trinajstić information content (AvgIpc) is 2.58. The zero-order valence-corrected chi connectivity index (χ0v) is 8.84. The van der Waals surface area contributed by atoms with Crippen LogP contribution in [0.4, 0.5) is 0 Å². The highest BCUT2D eigenvalue weighted by atomic mass is 16.2.